The molecule has 0 atom stereocenters. The summed E-state index contributed by atoms with van der Waals surface area (Å²) in [5.41, 5.74) is 10.6. The summed E-state index contributed by atoms with van der Waals surface area (Å²) in [5.74, 6) is -1.14. The minimum absolute atomic E-state index is 0.151. The maximum absolute atomic E-state index is 14.7. The predicted molar refractivity (Wildman–Crippen MR) is 126 cm³/mol. The molecule has 4 aromatic rings. The van der Waals surface area contributed by atoms with E-state index in [1.54, 1.807) is 27.4 Å². The van der Waals surface area contributed by atoms with Gasteiger partial charge in [-0.3, -0.25) is 14.2 Å². The largest absolute Gasteiger partial charge is 0.365 e. The summed E-state index contributed by atoms with van der Waals surface area (Å²) in [4.78, 5) is 27.0. The third-order valence-electron chi connectivity index (χ3n) is 6.36. The predicted octanol–water partition coefficient (Wildman–Crippen LogP) is 3.34. The second-order valence-electron chi connectivity index (χ2n) is 8.57. The Morgan fingerprint density at radius 2 is 1.91 bits per heavy atom. The van der Waals surface area contributed by atoms with Crippen LogP contribution in [0.1, 0.15) is 27.2 Å². The molecule has 34 heavy (non-hydrogen) atoms. The van der Waals surface area contributed by atoms with Gasteiger partial charge in [0, 0.05) is 24.8 Å². The number of benzene rings is 2. The van der Waals surface area contributed by atoms with Crippen LogP contribution in [0.25, 0.3) is 22.2 Å². The maximum atomic E-state index is 14.7. The van der Waals surface area contributed by atoms with Gasteiger partial charge in [-0.25, -0.2) is 9.18 Å². The SMILES string of the molecule is Cc1ccc(NC(=O)N2CCn3nc(-c4cc(F)c5cnn(C)c5c4)c(C(N)=O)c3C2)cc1C. The number of aromatic nitrogens is 4. The number of hydrogen-bond acceptors (Lipinski definition) is 4. The van der Waals surface area contributed by atoms with Crippen LogP contribution in [0.5, 0.6) is 0 Å². The lowest BCUT2D eigenvalue weighted by molar-refractivity contribution is 0.0997. The third kappa shape index (κ3) is 3.57. The number of nitrogens with zero attached hydrogens (tertiary/aromatic N) is 5. The van der Waals surface area contributed by atoms with Crippen molar-refractivity contribution in [1.29, 1.82) is 0 Å². The number of rotatable bonds is 3. The summed E-state index contributed by atoms with van der Waals surface area (Å²) in [6, 6.07) is 8.49. The highest BCUT2D eigenvalue weighted by molar-refractivity contribution is 6.01. The number of halogens is 1. The molecule has 3 N–H and O–H groups in total. The van der Waals surface area contributed by atoms with Gasteiger partial charge >= 0.3 is 6.03 Å². The van der Waals surface area contributed by atoms with Crippen LogP contribution in [-0.2, 0) is 20.1 Å². The number of nitrogens with two attached hydrogens (primary N) is 1. The van der Waals surface area contributed by atoms with Gasteiger partial charge in [0.25, 0.3) is 5.91 Å². The van der Waals surface area contributed by atoms with Crippen LogP contribution in [0.4, 0.5) is 14.9 Å². The number of anilines is 1. The van der Waals surface area contributed by atoms with Crippen molar-refractivity contribution in [3.05, 3.63) is 64.7 Å². The zero-order valence-corrected chi connectivity index (χ0v) is 19.1. The van der Waals surface area contributed by atoms with Gasteiger partial charge in [-0.2, -0.15) is 10.2 Å². The molecule has 2 aromatic heterocycles. The Morgan fingerprint density at radius 1 is 1.12 bits per heavy atom. The highest BCUT2D eigenvalue weighted by atomic mass is 19.1. The standard InChI is InChI=1S/C24H24FN7O2/c1-13-4-5-16(8-14(13)2)28-24(34)31-6-7-32-20(12-31)21(23(26)33)22(29-32)15-9-18(25)17-11-27-30(3)19(17)10-15/h4-5,8-11H,6-7,12H2,1-3H3,(H2,26,33)(H,28,34). The first-order chi connectivity index (χ1) is 16.2. The van der Waals surface area contributed by atoms with E-state index in [1.807, 2.05) is 32.0 Å². The minimum atomic E-state index is -0.682. The molecule has 5 rings (SSSR count). The summed E-state index contributed by atoms with van der Waals surface area (Å²) in [6.45, 7) is 4.92. The molecular weight excluding hydrogens is 437 g/mol. The van der Waals surface area contributed by atoms with E-state index in [4.69, 9.17) is 5.73 Å². The molecule has 174 valence electrons. The van der Waals surface area contributed by atoms with E-state index < -0.39 is 11.7 Å². The molecule has 0 radical (unpaired) electrons. The number of carbonyl (C=O) groups excluding carboxylic acids is 2. The summed E-state index contributed by atoms with van der Waals surface area (Å²) >= 11 is 0. The number of amides is 3. The van der Waals surface area contributed by atoms with Gasteiger partial charge in [0.15, 0.2) is 0 Å². The first-order valence-corrected chi connectivity index (χ1v) is 10.9. The number of aryl methyl sites for hydroxylation is 3. The molecule has 1 aliphatic heterocycles. The molecule has 2 aromatic carbocycles. The van der Waals surface area contributed by atoms with Crippen molar-refractivity contribution in [3.8, 4) is 11.3 Å². The first kappa shape index (κ1) is 21.6. The quantitative estimate of drug-likeness (QED) is 0.487. The lowest BCUT2D eigenvalue weighted by Crippen LogP contribution is -2.41. The second kappa shape index (κ2) is 7.98. The molecule has 1 aliphatic rings. The summed E-state index contributed by atoms with van der Waals surface area (Å²) in [7, 11) is 1.71. The van der Waals surface area contributed by atoms with E-state index in [0.717, 1.165) is 11.1 Å². The molecule has 0 saturated heterocycles. The van der Waals surface area contributed by atoms with Gasteiger partial charge in [-0.1, -0.05) is 6.07 Å². The van der Waals surface area contributed by atoms with Crippen LogP contribution in [0.15, 0.2) is 36.5 Å². The topological polar surface area (TPSA) is 111 Å². The van der Waals surface area contributed by atoms with E-state index in [-0.39, 0.29) is 18.1 Å². The number of fused-ring (bicyclic) bond motifs is 2. The molecular formula is C24H24FN7O2. The van der Waals surface area contributed by atoms with Crippen molar-refractivity contribution < 1.29 is 14.0 Å². The Bertz CT molecular complexity index is 1470. The van der Waals surface area contributed by atoms with Crippen molar-refractivity contribution >= 4 is 28.5 Å². The van der Waals surface area contributed by atoms with Crippen LogP contribution < -0.4 is 11.1 Å². The lowest BCUT2D eigenvalue weighted by atomic mass is 10.0. The average Bonchev–Trinajstić information content (AvgIpc) is 3.37. The van der Waals surface area contributed by atoms with E-state index in [0.29, 0.717) is 46.6 Å². The highest BCUT2D eigenvalue weighted by Crippen LogP contribution is 2.31. The third-order valence-corrected chi connectivity index (χ3v) is 6.36. The van der Waals surface area contributed by atoms with Crippen molar-refractivity contribution in [2.24, 2.45) is 12.8 Å². The first-order valence-electron chi connectivity index (χ1n) is 10.9. The van der Waals surface area contributed by atoms with Gasteiger partial charge in [0.05, 0.1) is 41.4 Å². The minimum Gasteiger partial charge on any atom is -0.365 e. The Labute approximate surface area is 194 Å². The number of carbonyl (C=O) groups is 2. The number of urea groups is 1. The van der Waals surface area contributed by atoms with Crippen LogP contribution in [-0.4, -0.2) is 42.9 Å². The molecule has 0 unspecified atom stereocenters. The zero-order valence-electron chi connectivity index (χ0n) is 19.1. The van der Waals surface area contributed by atoms with Crippen molar-refractivity contribution in [1.82, 2.24) is 24.5 Å². The van der Waals surface area contributed by atoms with Gasteiger partial charge in [0.2, 0.25) is 0 Å². The van der Waals surface area contributed by atoms with E-state index in [2.05, 4.69) is 15.5 Å². The Balaban J connectivity index is 1.48. The van der Waals surface area contributed by atoms with Crippen LogP contribution in [0.2, 0.25) is 0 Å². The van der Waals surface area contributed by atoms with Crippen LogP contribution in [0, 0.1) is 19.7 Å². The number of primary amides is 1. The second-order valence-corrected chi connectivity index (χ2v) is 8.57. The maximum Gasteiger partial charge on any atom is 0.322 e. The fourth-order valence-corrected chi connectivity index (χ4v) is 4.32. The molecule has 0 spiro atoms. The number of nitrogens with one attached hydrogen (secondary N) is 1. The van der Waals surface area contributed by atoms with Crippen LogP contribution in [0.3, 0.4) is 0 Å². The molecule has 0 saturated carbocycles. The fraction of sp³-hybridized carbons (Fsp3) is 0.250. The molecule has 0 aliphatic carbocycles. The molecule has 0 fully saturated rings. The van der Waals surface area contributed by atoms with Crippen LogP contribution >= 0.6 is 0 Å². The van der Waals surface area contributed by atoms with Crippen molar-refractivity contribution in [2.45, 2.75) is 26.9 Å². The summed E-state index contributed by atoms with van der Waals surface area (Å²) in [5, 5.41) is 12.0. The number of hydrogen-bond donors (Lipinski definition) is 2. The van der Waals surface area contributed by atoms with Gasteiger partial charge in [-0.15, -0.1) is 0 Å². The molecule has 10 heteroatoms. The van der Waals surface area contributed by atoms with E-state index in [1.165, 1.54) is 12.3 Å². The fourth-order valence-electron chi connectivity index (χ4n) is 4.32. The Morgan fingerprint density at radius 3 is 2.65 bits per heavy atom. The molecule has 0 bridgehead atoms. The monoisotopic (exact) mass is 461 g/mol. The van der Waals surface area contributed by atoms with Crippen molar-refractivity contribution in [2.75, 3.05) is 11.9 Å². The summed E-state index contributed by atoms with van der Waals surface area (Å²) < 4.78 is 17.9. The zero-order chi connectivity index (χ0) is 24.1. The lowest BCUT2D eigenvalue weighted by Gasteiger charge is -2.28. The van der Waals surface area contributed by atoms with Gasteiger partial charge in [-0.05, 0) is 49.2 Å². The Hall–Kier alpha value is -4.21. The normalized spacial score (nSPS) is 13.2. The average molecular weight is 462 g/mol. The molecule has 9 nitrogen and oxygen atoms in total. The van der Waals surface area contributed by atoms with E-state index in [9.17, 15) is 14.0 Å². The smallest absolute Gasteiger partial charge is 0.322 e. The highest BCUT2D eigenvalue weighted by Gasteiger charge is 2.30. The summed E-state index contributed by atoms with van der Waals surface area (Å²) in [6.07, 6.45) is 1.45. The van der Waals surface area contributed by atoms with E-state index >= 15 is 0 Å². The van der Waals surface area contributed by atoms with Gasteiger partial charge in [0.1, 0.15) is 11.5 Å². The molecule has 3 amide bonds. The van der Waals surface area contributed by atoms with Crippen molar-refractivity contribution in [3.63, 3.8) is 0 Å². The van der Waals surface area contributed by atoms with Gasteiger partial charge < -0.3 is 16.0 Å². The Kier molecular flexibility index (Phi) is 5.07. The molecule has 3 heterocycles.